The van der Waals surface area contributed by atoms with Crippen molar-refractivity contribution < 1.29 is 22.4 Å². The van der Waals surface area contributed by atoms with Gasteiger partial charge in [0.05, 0.1) is 40.1 Å². The third-order valence-corrected chi connectivity index (χ3v) is 6.20. The van der Waals surface area contributed by atoms with Crippen LogP contribution in [0.5, 0.6) is 0 Å². The van der Waals surface area contributed by atoms with Gasteiger partial charge in [-0.25, -0.2) is 9.37 Å². The van der Waals surface area contributed by atoms with Gasteiger partial charge in [0.15, 0.2) is 0 Å². The minimum absolute atomic E-state index is 0.116. The minimum Gasteiger partial charge on any atom is -0.340 e. The Morgan fingerprint density at radius 1 is 1.23 bits per heavy atom. The number of benzene rings is 2. The van der Waals surface area contributed by atoms with Crippen molar-refractivity contribution in [3.8, 4) is 5.69 Å². The van der Waals surface area contributed by atoms with Crippen molar-refractivity contribution in [1.82, 2.24) is 29.9 Å². The molecular weight excluding hydrogens is 488 g/mol. The summed E-state index contributed by atoms with van der Waals surface area (Å²) in [6.07, 6.45) is -1.53. The highest BCUT2D eigenvalue weighted by Gasteiger charge is 2.38. The lowest BCUT2D eigenvalue weighted by atomic mass is 10.1. The van der Waals surface area contributed by atoms with Crippen LogP contribution in [0.4, 0.5) is 17.6 Å². The predicted octanol–water partition coefficient (Wildman–Crippen LogP) is 5.41. The first-order valence-electron chi connectivity index (χ1n) is 10.4. The fourth-order valence-corrected chi connectivity index (χ4v) is 4.47. The Morgan fingerprint density at radius 3 is 2.63 bits per heavy atom. The van der Waals surface area contributed by atoms with Crippen LogP contribution < -0.4 is 0 Å². The maximum atomic E-state index is 15.3. The van der Waals surface area contributed by atoms with E-state index >= 15 is 4.39 Å². The molecule has 0 bridgehead atoms. The zero-order valence-corrected chi connectivity index (χ0v) is 19.0. The van der Waals surface area contributed by atoms with Crippen LogP contribution in [0.25, 0.3) is 16.7 Å². The van der Waals surface area contributed by atoms with Gasteiger partial charge in [-0.3, -0.25) is 4.79 Å². The molecule has 2 aromatic carbocycles. The number of hydrogen-bond acceptors (Lipinski definition) is 4. The van der Waals surface area contributed by atoms with Gasteiger partial charge in [0, 0.05) is 6.54 Å². The summed E-state index contributed by atoms with van der Waals surface area (Å²) in [5.74, 6) is -1.11. The third-order valence-electron chi connectivity index (χ3n) is 5.88. The lowest BCUT2D eigenvalue weighted by Crippen LogP contribution is -2.33. The van der Waals surface area contributed by atoms with Crippen LogP contribution in [-0.2, 0) is 6.18 Å². The molecule has 4 aromatic rings. The summed E-state index contributed by atoms with van der Waals surface area (Å²) in [7, 11) is 0. The Bertz CT molecular complexity index is 1480. The average molecular weight is 505 g/mol. The number of nitrogens with one attached hydrogen (secondary N) is 1. The number of aromatic nitrogens is 5. The fraction of sp³-hybridized carbons (Fsp3) is 0.217. The highest BCUT2D eigenvalue weighted by atomic mass is 35.5. The van der Waals surface area contributed by atoms with Crippen molar-refractivity contribution in [3.63, 3.8) is 0 Å². The fourth-order valence-electron chi connectivity index (χ4n) is 4.21. The van der Waals surface area contributed by atoms with E-state index in [1.165, 1.54) is 30.3 Å². The number of alkyl halides is 3. The van der Waals surface area contributed by atoms with Gasteiger partial charge in [0.2, 0.25) is 0 Å². The SMILES string of the molecule is C=C1C[C@@H](c2nc3cc(Cl)c(C(F)(F)F)cc3[nH]2)N(C(=O)c2c(-n3nccn3)ccc(C)c2F)C1. The Labute approximate surface area is 201 Å². The number of aryl methyl sites for hydroxylation is 1. The molecule has 1 amide bonds. The van der Waals surface area contributed by atoms with Gasteiger partial charge >= 0.3 is 6.18 Å². The standard InChI is InChI=1S/C23H17ClF4N6O/c1-11-7-18(21-31-15-8-13(23(26,27)28)14(24)9-16(15)32-21)33(10-11)22(35)19-17(34-29-5-6-30-34)4-3-12(2)20(19)25/h3-6,8-9,18H,1,7,10H2,2H3,(H,31,32)/t18-/m0/s1. The monoisotopic (exact) mass is 504 g/mol. The number of likely N-dealkylation sites (tertiary alicyclic amines) is 1. The molecule has 3 heterocycles. The van der Waals surface area contributed by atoms with E-state index in [9.17, 15) is 18.0 Å². The van der Waals surface area contributed by atoms with E-state index in [1.54, 1.807) is 6.07 Å². The van der Waals surface area contributed by atoms with Crippen LogP contribution in [0.3, 0.4) is 0 Å². The van der Waals surface area contributed by atoms with Gasteiger partial charge in [0.1, 0.15) is 22.9 Å². The van der Waals surface area contributed by atoms with E-state index in [1.807, 2.05) is 0 Å². The molecule has 1 fully saturated rings. The number of carbonyl (C=O) groups excluding carboxylic acids is 1. The lowest BCUT2D eigenvalue weighted by Gasteiger charge is -2.24. The second-order valence-corrected chi connectivity index (χ2v) is 8.69. The summed E-state index contributed by atoms with van der Waals surface area (Å²) >= 11 is 5.83. The average Bonchev–Trinajstić information content (AvgIpc) is 3.53. The molecule has 1 saturated heterocycles. The Balaban J connectivity index is 1.58. The van der Waals surface area contributed by atoms with Gasteiger partial charge in [-0.1, -0.05) is 29.8 Å². The number of fused-ring (bicyclic) bond motifs is 1. The van der Waals surface area contributed by atoms with Crippen LogP contribution in [0.1, 0.15) is 39.8 Å². The highest BCUT2D eigenvalue weighted by Crippen LogP contribution is 2.39. The number of amides is 1. The van der Waals surface area contributed by atoms with Gasteiger partial charge in [0.25, 0.3) is 5.91 Å². The number of aromatic amines is 1. The van der Waals surface area contributed by atoms with E-state index in [4.69, 9.17) is 11.6 Å². The first-order valence-corrected chi connectivity index (χ1v) is 10.8. The summed E-state index contributed by atoms with van der Waals surface area (Å²) in [6.45, 7) is 5.61. The quantitative estimate of drug-likeness (QED) is 0.299. The topological polar surface area (TPSA) is 79.7 Å². The molecule has 35 heavy (non-hydrogen) atoms. The van der Waals surface area contributed by atoms with Crippen molar-refractivity contribution in [3.05, 3.63) is 82.2 Å². The van der Waals surface area contributed by atoms with Gasteiger partial charge in [-0.2, -0.15) is 28.2 Å². The van der Waals surface area contributed by atoms with Crippen LogP contribution in [0.15, 0.2) is 48.8 Å². The number of imidazole rings is 1. The van der Waals surface area contributed by atoms with Crippen molar-refractivity contribution in [2.45, 2.75) is 25.6 Å². The second-order valence-electron chi connectivity index (χ2n) is 8.28. The molecule has 0 spiro atoms. The number of carbonyl (C=O) groups is 1. The predicted molar refractivity (Wildman–Crippen MR) is 120 cm³/mol. The molecule has 0 aliphatic carbocycles. The van der Waals surface area contributed by atoms with Crippen molar-refractivity contribution >= 4 is 28.5 Å². The molecule has 7 nitrogen and oxygen atoms in total. The normalized spacial score (nSPS) is 16.5. The number of rotatable bonds is 3. The molecule has 1 aliphatic heterocycles. The molecule has 0 radical (unpaired) electrons. The lowest BCUT2D eigenvalue weighted by molar-refractivity contribution is -0.137. The summed E-state index contributed by atoms with van der Waals surface area (Å²) in [6, 6.07) is 4.37. The first-order chi connectivity index (χ1) is 16.5. The maximum Gasteiger partial charge on any atom is 0.417 e. The van der Waals surface area contributed by atoms with Crippen molar-refractivity contribution in [2.24, 2.45) is 0 Å². The summed E-state index contributed by atoms with van der Waals surface area (Å²) in [5, 5.41) is 7.54. The molecule has 0 unspecified atom stereocenters. The van der Waals surface area contributed by atoms with Gasteiger partial charge in [-0.15, -0.1) is 0 Å². The molecule has 1 N–H and O–H groups in total. The molecule has 0 saturated carbocycles. The molecular formula is C23H17ClF4N6O. The smallest absolute Gasteiger partial charge is 0.340 e. The number of nitrogens with zero attached hydrogens (tertiary/aromatic N) is 5. The van der Waals surface area contributed by atoms with Crippen LogP contribution >= 0.6 is 11.6 Å². The molecule has 5 rings (SSSR count). The highest BCUT2D eigenvalue weighted by molar-refractivity contribution is 6.32. The van der Waals surface area contributed by atoms with E-state index in [0.717, 1.165) is 16.9 Å². The summed E-state index contributed by atoms with van der Waals surface area (Å²) in [5.41, 5.74) is 0.214. The zero-order chi connectivity index (χ0) is 25.1. The molecule has 180 valence electrons. The summed E-state index contributed by atoms with van der Waals surface area (Å²) < 4.78 is 55.1. The second kappa shape index (κ2) is 8.19. The van der Waals surface area contributed by atoms with Crippen LogP contribution in [0, 0.1) is 12.7 Å². The van der Waals surface area contributed by atoms with E-state index in [0.29, 0.717) is 12.0 Å². The Kier molecular flexibility index (Phi) is 5.39. The Morgan fingerprint density at radius 2 is 1.94 bits per heavy atom. The molecule has 1 atom stereocenters. The van der Waals surface area contributed by atoms with Crippen molar-refractivity contribution in [2.75, 3.05) is 6.54 Å². The van der Waals surface area contributed by atoms with Gasteiger partial charge < -0.3 is 9.88 Å². The van der Waals surface area contributed by atoms with Crippen molar-refractivity contribution in [1.29, 1.82) is 0 Å². The zero-order valence-electron chi connectivity index (χ0n) is 18.2. The third kappa shape index (κ3) is 3.95. The first kappa shape index (κ1) is 23.0. The molecule has 1 aliphatic rings. The maximum absolute atomic E-state index is 15.3. The molecule has 2 aromatic heterocycles. The van der Waals surface area contributed by atoms with Crippen LogP contribution in [0.2, 0.25) is 5.02 Å². The van der Waals surface area contributed by atoms with Gasteiger partial charge in [-0.05, 0) is 37.1 Å². The Hall–Kier alpha value is -3.73. The van der Waals surface area contributed by atoms with Crippen LogP contribution in [-0.4, -0.2) is 42.3 Å². The largest absolute Gasteiger partial charge is 0.417 e. The number of H-pyrrole nitrogens is 1. The number of halogens is 5. The van der Waals surface area contributed by atoms with E-state index in [-0.39, 0.29) is 40.2 Å². The molecule has 12 heteroatoms. The number of hydrogen-bond donors (Lipinski definition) is 1. The van der Waals surface area contributed by atoms with E-state index in [2.05, 4.69) is 26.7 Å². The minimum atomic E-state index is -4.64. The van der Waals surface area contributed by atoms with E-state index < -0.39 is 34.5 Å². The summed E-state index contributed by atoms with van der Waals surface area (Å²) in [4.78, 5) is 23.5.